The van der Waals surface area contributed by atoms with Crippen LogP contribution in [0.25, 0.3) is 0 Å². The Kier molecular flexibility index (Phi) is 4.49. The van der Waals surface area contributed by atoms with Gasteiger partial charge in [-0.2, -0.15) is 17.5 Å². The second kappa shape index (κ2) is 6.47. The standard InChI is InChI=1S/C17H20F3N3O3S/c1-27(24,25)22-7-6-15-14(9-22)16(23(21-15)8-13-10-26-13)11-2-4-12(5-3-11)17(18,19)20/h2-5,13,16,21H,6-10H2,1H3. The third kappa shape index (κ3) is 3.84. The van der Waals surface area contributed by atoms with E-state index in [1.807, 2.05) is 5.01 Å². The molecule has 1 N–H and O–H groups in total. The van der Waals surface area contributed by atoms with Crippen molar-refractivity contribution in [2.45, 2.75) is 24.7 Å². The molecule has 1 fully saturated rings. The van der Waals surface area contributed by atoms with Crippen LogP contribution in [0.5, 0.6) is 0 Å². The summed E-state index contributed by atoms with van der Waals surface area (Å²) in [5.74, 6) is 0. The minimum absolute atomic E-state index is 0.0850. The van der Waals surface area contributed by atoms with E-state index < -0.39 is 21.8 Å². The molecule has 0 radical (unpaired) electrons. The number of halogens is 3. The predicted octanol–water partition coefficient (Wildman–Crippen LogP) is 1.88. The second-order valence-corrected chi connectivity index (χ2v) is 9.07. The first-order valence-electron chi connectivity index (χ1n) is 8.62. The molecule has 3 aliphatic rings. The summed E-state index contributed by atoms with van der Waals surface area (Å²) in [6.45, 7) is 1.85. The van der Waals surface area contributed by atoms with Crippen LogP contribution in [0.15, 0.2) is 35.5 Å². The summed E-state index contributed by atoms with van der Waals surface area (Å²) in [6.07, 6.45) is -2.59. The van der Waals surface area contributed by atoms with Crippen molar-refractivity contribution in [3.63, 3.8) is 0 Å². The van der Waals surface area contributed by atoms with Crippen LogP contribution in [0.3, 0.4) is 0 Å². The second-order valence-electron chi connectivity index (χ2n) is 7.09. The van der Waals surface area contributed by atoms with Gasteiger partial charge in [0.05, 0.1) is 30.6 Å². The average molecular weight is 403 g/mol. The third-order valence-electron chi connectivity index (χ3n) is 5.09. The quantitative estimate of drug-likeness (QED) is 0.778. The lowest BCUT2D eigenvalue weighted by Crippen LogP contribution is -2.37. The van der Waals surface area contributed by atoms with Gasteiger partial charge in [0.2, 0.25) is 10.0 Å². The summed E-state index contributed by atoms with van der Waals surface area (Å²) >= 11 is 0. The zero-order valence-electron chi connectivity index (χ0n) is 14.7. The maximum atomic E-state index is 12.9. The number of benzene rings is 1. The normalized spacial score (nSPS) is 26.8. The monoisotopic (exact) mass is 403 g/mol. The highest BCUT2D eigenvalue weighted by Gasteiger charge is 2.41. The van der Waals surface area contributed by atoms with Gasteiger partial charge in [-0.25, -0.2) is 13.4 Å². The summed E-state index contributed by atoms with van der Waals surface area (Å²) in [6, 6.07) is 4.74. The van der Waals surface area contributed by atoms with E-state index >= 15 is 0 Å². The molecular weight excluding hydrogens is 383 g/mol. The molecule has 0 aromatic heterocycles. The van der Waals surface area contributed by atoms with E-state index in [0.717, 1.165) is 23.4 Å². The zero-order chi connectivity index (χ0) is 19.4. The molecule has 10 heteroatoms. The van der Waals surface area contributed by atoms with Gasteiger partial charge >= 0.3 is 6.18 Å². The lowest BCUT2D eigenvalue weighted by Gasteiger charge is -2.29. The highest BCUT2D eigenvalue weighted by Crippen LogP contribution is 2.40. The van der Waals surface area contributed by atoms with Gasteiger partial charge in [0, 0.05) is 31.8 Å². The van der Waals surface area contributed by atoms with Crippen molar-refractivity contribution in [2.24, 2.45) is 0 Å². The molecule has 0 aliphatic carbocycles. The molecule has 1 aromatic carbocycles. The largest absolute Gasteiger partial charge is 0.416 e. The molecule has 0 amide bonds. The molecule has 1 saturated heterocycles. The molecule has 2 unspecified atom stereocenters. The highest BCUT2D eigenvalue weighted by atomic mass is 32.2. The molecule has 148 valence electrons. The summed E-state index contributed by atoms with van der Waals surface area (Å²) in [4.78, 5) is 0. The molecule has 4 rings (SSSR count). The van der Waals surface area contributed by atoms with Crippen molar-refractivity contribution in [2.75, 3.05) is 32.5 Å². The van der Waals surface area contributed by atoms with Crippen LogP contribution in [-0.4, -0.2) is 56.3 Å². The van der Waals surface area contributed by atoms with E-state index in [4.69, 9.17) is 4.74 Å². The zero-order valence-corrected chi connectivity index (χ0v) is 15.5. The van der Waals surface area contributed by atoms with E-state index in [0.29, 0.717) is 31.7 Å². The molecule has 27 heavy (non-hydrogen) atoms. The van der Waals surface area contributed by atoms with E-state index in [9.17, 15) is 21.6 Å². The van der Waals surface area contributed by atoms with E-state index in [2.05, 4.69) is 5.43 Å². The molecule has 0 bridgehead atoms. The first-order chi connectivity index (χ1) is 12.6. The van der Waals surface area contributed by atoms with Gasteiger partial charge in [-0.1, -0.05) is 12.1 Å². The molecule has 6 nitrogen and oxygen atoms in total. The minimum atomic E-state index is -4.39. The van der Waals surface area contributed by atoms with Crippen molar-refractivity contribution in [3.05, 3.63) is 46.7 Å². The summed E-state index contributed by atoms with van der Waals surface area (Å²) in [5.41, 5.74) is 5.13. The Balaban J connectivity index is 1.66. The molecule has 3 aliphatic heterocycles. The average Bonchev–Trinajstić information content (AvgIpc) is 3.32. The molecule has 2 atom stereocenters. The van der Waals surface area contributed by atoms with Crippen LogP contribution in [0.2, 0.25) is 0 Å². The Hall–Kier alpha value is -1.62. The Labute approximate surface area is 155 Å². The van der Waals surface area contributed by atoms with Crippen molar-refractivity contribution >= 4 is 10.0 Å². The SMILES string of the molecule is CS(=O)(=O)N1CCC2=C(C1)C(c1ccc(C(F)(F)F)cc1)N(CC1CO1)N2. The van der Waals surface area contributed by atoms with Crippen molar-refractivity contribution < 1.29 is 26.3 Å². The number of hydrogen-bond donors (Lipinski definition) is 1. The predicted molar refractivity (Wildman–Crippen MR) is 91.8 cm³/mol. The lowest BCUT2D eigenvalue weighted by molar-refractivity contribution is -0.137. The number of nitrogens with one attached hydrogen (secondary N) is 1. The van der Waals surface area contributed by atoms with Crippen molar-refractivity contribution in [3.8, 4) is 0 Å². The van der Waals surface area contributed by atoms with Crippen LogP contribution in [0, 0.1) is 0 Å². The molecule has 1 aromatic rings. The van der Waals surface area contributed by atoms with E-state index in [-0.39, 0.29) is 18.7 Å². The summed E-state index contributed by atoms with van der Waals surface area (Å²) in [7, 11) is -3.34. The van der Waals surface area contributed by atoms with Crippen LogP contribution in [0.1, 0.15) is 23.6 Å². The number of nitrogens with zero attached hydrogens (tertiary/aromatic N) is 2. The topological polar surface area (TPSA) is 65.2 Å². The smallest absolute Gasteiger partial charge is 0.372 e. The summed E-state index contributed by atoms with van der Waals surface area (Å²) < 4.78 is 69.3. The van der Waals surface area contributed by atoms with Gasteiger partial charge in [0.1, 0.15) is 0 Å². The van der Waals surface area contributed by atoms with Gasteiger partial charge in [0.25, 0.3) is 0 Å². The fraction of sp³-hybridized carbons (Fsp3) is 0.529. The van der Waals surface area contributed by atoms with Gasteiger partial charge in [-0.05, 0) is 23.3 Å². The fourth-order valence-electron chi connectivity index (χ4n) is 3.63. The van der Waals surface area contributed by atoms with Gasteiger partial charge in [0.15, 0.2) is 0 Å². The highest BCUT2D eigenvalue weighted by molar-refractivity contribution is 7.88. The fourth-order valence-corrected chi connectivity index (χ4v) is 4.43. The first-order valence-corrected chi connectivity index (χ1v) is 10.5. The molecule has 3 heterocycles. The maximum Gasteiger partial charge on any atom is 0.416 e. The number of hydrazine groups is 1. The molecular formula is C17H20F3N3O3S. The number of alkyl halides is 3. The van der Waals surface area contributed by atoms with Gasteiger partial charge in [-0.3, -0.25) is 0 Å². The van der Waals surface area contributed by atoms with Crippen LogP contribution in [-0.2, 0) is 20.9 Å². The number of rotatable bonds is 4. The number of hydrogen-bond acceptors (Lipinski definition) is 5. The van der Waals surface area contributed by atoms with E-state index in [1.165, 1.54) is 22.7 Å². The number of epoxide rings is 1. The Bertz CT molecular complexity index is 864. The summed E-state index contributed by atoms with van der Waals surface area (Å²) in [5, 5.41) is 1.94. The van der Waals surface area contributed by atoms with Gasteiger partial charge in [-0.15, -0.1) is 0 Å². The van der Waals surface area contributed by atoms with Crippen molar-refractivity contribution in [1.29, 1.82) is 0 Å². The third-order valence-corrected chi connectivity index (χ3v) is 6.34. The number of sulfonamides is 1. The Morgan fingerprint density at radius 2 is 1.93 bits per heavy atom. The minimum Gasteiger partial charge on any atom is -0.372 e. The van der Waals surface area contributed by atoms with Crippen LogP contribution >= 0.6 is 0 Å². The first kappa shape index (κ1) is 18.7. The van der Waals surface area contributed by atoms with Gasteiger partial charge < -0.3 is 10.2 Å². The van der Waals surface area contributed by atoms with E-state index in [1.54, 1.807) is 0 Å². The molecule has 0 saturated carbocycles. The lowest BCUT2D eigenvalue weighted by atomic mass is 9.94. The number of ether oxygens (including phenoxy) is 1. The molecule has 0 spiro atoms. The maximum absolute atomic E-state index is 12.9. The van der Waals surface area contributed by atoms with Crippen LogP contribution in [0.4, 0.5) is 13.2 Å². The Morgan fingerprint density at radius 1 is 1.26 bits per heavy atom. The van der Waals surface area contributed by atoms with Crippen molar-refractivity contribution in [1.82, 2.24) is 14.7 Å². The van der Waals surface area contributed by atoms with Crippen LogP contribution < -0.4 is 5.43 Å². The Morgan fingerprint density at radius 3 is 2.48 bits per heavy atom.